The number of anilines is 6. The summed E-state index contributed by atoms with van der Waals surface area (Å²) >= 11 is 0. The molecule has 4 heterocycles. The third-order valence-corrected chi connectivity index (χ3v) is 5.26. The maximum Gasteiger partial charge on any atom is 0.346 e. The van der Waals surface area contributed by atoms with Crippen LogP contribution >= 0.6 is 0 Å². The van der Waals surface area contributed by atoms with Crippen molar-refractivity contribution in [2.24, 2.45) is 0 Å². The van der Waals surface area contributed by atoms with Gasteiger partial charge in [0.2, 0.25) is 0 Å². The number of nitrogen functional groups attached to an aromatic ring is 4. The zero-order valence-electron chi connectivity index (χ0n) is 17.0. The van der Waals surface area contributed by atoms with Gasteiger partial charge in [0, 0.05) is 26.2 Å². The standard InChI is InChI=1S/2C9H15N5O/c2*10-7-6-8(12-9(11)14(7)15)13-4-2-1-3-5-13/h2*6H,1-5,10H2,(H2,11,12). The minimum absolute atomic E-state index is 0.0874. The van der Waals surface area contributed by atoms with Crippen molar-refractivity contribution in [3.05, 3.63) is 22.5 Å². The van der Waals surface area contributed by atoms with Crippen molar-refractivity contribution in [3.8, 4) is 0 Å². The van der Waals surface area contributed by atoms with Crippen molar-refractivity contribution in [2.75, 3.05) is 58.9 Å². The van der Waals surface area contributed by atoms with E-state index in [9.17, 15) is 10.4 Å². The highest BCUT2D eigenvalue weighted by molar-refractivity contribution is 5.47. The molecule has 0 unspecified atom stereocenters. The molecule has 2 aromatic heterocycles. The van der Waals surface area contributed by atoms with Crippen LogP contribution in [0.15, 0.2) is 12.1 Å². The first-order chi connectivity index (χ1) is 14.4. The van der Waals surface area contributed by atoms with E-state index in [0.29, 0.717) is 21.1 Å². The van der Waals surface area contributed by atoms with Gasteiger partial charge in [-0.2, -0.15) is 0 Å². The Hall–Kier alpha value is -3.44. The molecule has 12 nitrogen and oxygen atoms in total. The van der Waals surface area contributed by atoms with E-state index in [2.05, 4.69) is 19.8 Å². The lowest BCUT2D eigenvalue weighted by molar-refractivity contribution is -0.577. The summed E-state index contributed by atoms with van der Waals surface area (Å²) in [6.45, 7) is 3.81. The average molecular weight is 419 g/mol. The van der Waals surface area contributed by atoms with Crippen LogP contribution in [0.4, 0.5) is 35.2 Å². The molecule has 0 aliphatic carbocycles. The maximum atomic E-state index is 11.2. The molecule has 164 valence electrons. The fourth-order valence-electron chi connectivity index (χ4n) is 3.61. The van der Waals surface area contributed by atoms with Crippen molar-refractivity contribution in [1.82, 2.24) is 9.97 Å². The highest BCUT2D eigenvalue weighted by atomic mass is 16.5. The molecule has 2 aliphatic rings. The third-order valence-electron chi connectivity index (χ3n) is 5.26. The van der Waals surface area contributed by atoms with Crippen LogP contribution in [0, 0.1) is 10.4 Å². The molecule has 12 heteroatoms. The molecule has 0 aromatic carbocycles. The topological polar surface area (TPSA) is 190 Å². The van der Waals surface area contributed by atoms with Gasteiger partial charge in [-0.1, -0.05) is 9.97 Å². The lowest BCUT2D eigenvalue weighted by atomic mass is 10.1. The Labute approximate surface area is 175 Å². The first-order valence-electron chi connectivity index (χ1n) is 10.2. The zero-order valence-corrected chi connectivity index (χ0v) is 17.0. The van der Waals surface area contributed by atoms with Gasteiger partial charge in [0.05, 0.1) is 12.1 Å². The third kappa shape index (κ3) is 4.93. The van der Waals surface area contributed by atoms with Gasteiger partial charge in [-0.3, -0.25) is 0 Å². The molecule has 4 rings (SSSR count). The second kappa shape index (κ2) is 9.37. The minimum Gasteiger partial charge on any atom is -0.754 e. The molecule has 0 saturated carbocycles. The largest absolute Gasteiger partial charge is 0.754 e. The van der Waals surface area contributed by atoms with Gasteiger partial charge in [0.15, 0.2) is 23.3 Å². The second-order valence-electron chi connectivity index (χ2n) is 7.48. The molecule has 0 amide bonds. The van der Waals surface area contributed by atoms with Crippen LogP contribution in [0.25, 0.3) is 0 Å². The molecular weight excluding hydrogens is 388 g/mol. The van der Waals surface area contributed by atoms with E-state index in [1.54, 1.807) is 12.1 Å². The number of nitrogens with zero attached hydrogens (tertiary/aromatic N) is 6. The van der Waals surface area contributed by atoms with E-state index >= 15 is 0 Å². The van der Waals surface area contributed by atoms with Crippen molar-refractivity contribution < 1.29 is 9.46 Å². The first-order valence-corrected chi connectivity index (χ1v) is 10.2. The quantitative estimate of drug-likeness (QED) is 0.373. The summed E-state index contributed by atoms with van der Waals surface area (Å²) in [4.78, 5) is 12.3. The fraction of sp³-hybridized carbons (Fsp3) is 0.556. The van der Waals surface area contributed by atoms with Crippen LogP contribution in [-0.4, -0.2) is 36.1 Å². The summed E-state index contributed by atoms with van der Waals surface area (Å²) in [5.74, 6) is 1.44. The number of hydrogen-bond acceptors (Lipinski definition) is 10. The Morgan fingerprint density at radius 1 is 0.633 bits per heavy atom. The van der Waals surface area contributed by atoms with E-state index in [4.69, 9.17) is 22.9 Å². The Kier molecular flexibility index (Phi) is 6.65. The number of piperidine rings is 2. The lowest BCUT2D eigenvalue weighted by Crippen LogP contribution is -2.38. The van der Waals surface area contributed by atoms with E-state index < -0.39 is 0 Å². The minimum atomic E-state index is -0.0874. The summed E-state index contributed by atoms with van der Waals surface area (Å²) in [6, 6.07) is 3.16. The van der Waals surface area contributed by atoms with Gasteiger partial charge < -0.3 is 43.1 Å². The van der Waals surface area contributed by atoms with E-state index in [-0.39, 0.29) is 23.5 Å². The molecule has 2 aliphatic heterocycles. The number of aromatic nitrogens is 4. The average Bonchev–Trinajstić information content (AvgIpc) is 2.77. The van der Waals surface area contributed by atoms with Crippen molar-refractivity contribution in [2.45, 2.75) is 38.5 Å². The molecule has 0 atom stereocenters. The van der Waals surface area contributed by atoms with Crippen LogP contribution in [-0.2, 0) is 0 Å². The van der Waals surface area contributed by atoms with Crippen LogP contribution in [0.1, 0.15) is 38.5 Å². The van der Waals surface area contributed by atoms with Crippen LogP contribution < -0.4 is 42.2 Å². The van der Waals surface area contributed by atoms with Crippen molar-refractivity contribution in [3.63, 3.8) is 0 Å². The summed E-state index contributed by atoms with van der Waals surface area (Å²) in [6.07, 6.45) is 7.08. The predicted molar refractivity (Wildman–Crippen MR) is 116 cm³/mol. The van der Waals surface area contributed by atoms with E-state index in [1.165, 1.54) is 12.8 Å². The monoisotopic (exact) mass is 418 g/mol. The Bertz CT molecular complexity index is 749. The Morgan fingerprint density at radius 2 is 0.967 bits per heavy atom. The SMILES string of the molecule is Nc1cc(N2CCCCC2)nc(N)[n+]1[O-].Nc1cc(N2CCCCC2)nc(N)[n+]1[O-]. The molecule has 0 bridgehead atoms. The smallest absolute Gasteiger partial charge is 0.346 e. The van der Waals surface area contributed by atoms with Gasteiger partial charge in [-0.25, -0.2) is 9.46 Å². The molecule has 8 N–H and O–H groups in total. The molecule has 2 saturated heterocycles. The molecule has 2 fully saturated rings. The Morgan fingerprint density at radius 3 is 1.27 bits per heavy atom. The van der Waals surface area contributed by atoms with Gasteiger partial charge in [0.1, 0.15) is 0 Å². The highest BCUT2D eigenvalue weighted by Crippen LogP contribution is 2.20. The van der Waals surface area contributed by atoms with Crippen LogP contribution in [0.5, 0.6) is 0 Å². The molecule has 30 heavy (non-hydrogen) atoms. The maximum absolute atomic E-state index is 11.2. The summed E-state index contributed by atoms with van der Waals surface area (Å²) < 4.78 is 0.876. The van der Waals surface area contributed by atoms with Crippen molar-refractivity contribution in [1.29, 1.82) is 0 Å². The zero-order chi connectivity index (χ0) is 21.7. The molecule has 0 spiro atoms. The lowest BCUT2D eigenvalue weighted by Gasteiger charge is -2.26. The van der Waals surface area contributed by atoms with Crippen molar-refractivity contribution >= 4 is 35.2 Å². The normalized spacial score (nSPS) is 16.7. The number of nitrogens with two attached hydrogens (primary N) is 4. The van der Waals surface area contributed by atoms with Gasteiger partial charge in [0.25, 0.3) is 0 Å². The van der Waals surface area contributed by atoms with Gasteiger partial charge >= 0.3 is 11.9 Å². The fourth-order valence-corrected chi connectivity index (χ4v) is 3.61. The van der Waals surface area contributed by atoms with Gasteiger partial charge in [-0.15, -0.1) is 0 Å². The first kappa shape index (κ1) is 21.3. The van der Waals surface area contributed by atoms with E-state index in [1.807, 2.05) is 0 Å². The molecule has 0 radical (unpaired) electrons. The second-order valence-corrected chi connectivity index (χ2v) is 7.48. The Balaban J connectivity index is 0.000000171. The number of rotatable bonds is 2. The summed E-state index contributed by atoms with van der Waals surface area (Å²) in [7, 11) is 0. The summed E-state index contributed by atoms with van der Waals surface area (Å²) in [5, 5.41) is 22.4. The number of hydrogen-bond donors (Lipinski definition) is 4. The molecular formula is C18H30N10O2. The van der Waals surface area contributed by atoms with Gasteiger partial charge in [-0.05, 0) is 38.5 Å². The van der Waals surface area contributed by atoms with E-state index in [0.717, 1.165) is 51.9 Å². The summed E-state index contributed by atoms with van der Waals surface area (Å²) in [5.41, 5.74) is 22.0. The van der Waals surface area contributed by atoms with Crippen LogP contribution in [0.3, 0.4) is 0 Å². The highest BCUT2D eigenvalue weighted by Gasteiger charge is 2.18. The predicted octanol–water partition coefficient (Wildman–Crippen LogP) is -0.261. The van der Waals surface area contributed by atoms with Crippen LogP contribution in [0.2, 0.25) is 0 Å². The molecule has 2 aromatic rings.